The van der Waals surface area contributed by atoms with Crippen molar-refractivity contribution in [1.29, 1.82) is 0 Å². The van der Waals surface area contributed by atoms with Gasteiger partial charge in [0.15, 0.2) is 0 Å². The molecule has 0 fully saturated rings. The third kappa shape index (κ3) is 2.47. The van der Waals surface area contributed by atoms with Crippen LogP contribution in [0.25, 0.3) is 16.8 Å². The summed E-state index contributed by atoms with van der Waals surface area (Å²) in [4.78, 5) is 0. The van der Waals surface area contributed by atoms with E-state index in [1.165, 1.54) is 16.3 Å². The van der Waals surface area contributed by atoms with E-state index in [1.807, 2.05) is 0 Å². The predicted molar refractivity (Wildman–Crippen MR) is 67.8 cm³/mol. The average molecular weight is 196 g/mol. The zero-order valence-electron chi connectivity index (χ0n) is 9.27. The molecule has 0 amide bonds. The van der Waals surface area contributed by atoms with Crippen LogP contribution < -0.4 is 0 Å². The van der Waals surface area contributed by atoms with Gasteiger partial charge < -0.3 is 0 Å². The molecule has 0 heteroatoms. The summed E-state index contributed by atoms with van der Waals surface area (Å²) in [6, 6.07) is 15.0. The second-order valence-electron chi connectivity index (χ2n) is 4.21. The molecule has 0 aliphatic carbocycles. The second kappa shape index (κ2) is 4.31. The molecule has 0 unspecified atom stereocenters. The second-order valence-corrected chi connectivity index (χ2v) is 4.21. The first kappa shape index (κ1) is 9.97. The van der Waals surface area contributed by atoms with Gasteiger partial charge in [-0.3, -0.25) is 0 Å². The van der Waals surface area contributed by atoms with E-state index in [0.717, 1.165) is 0 Å². The maximum absolute atomic E-state index is 2.23. The lowest BCUT2D eigenvalue weighted by Crippen LogP contribution is -1.78. The quantitative estimate of drug-likeness (QED) is 0.663. The molecular weight excluding hydrogens is 180 g/mol. The average Bonchev–Trinajstić information content (AvgIpc) is 2.26. The van der Waals surface area contributed by atoms with E-state index in [2.05, 4.69) is 68.5 Å². The zero-order chi connectivity index (χ0) is 10.7. The van der Waals surface area contributed by atoms with Gasteiger partial charge in [0.2, 0.25) is 0 Å². The SMILES string of the molecule is CC(C)/C=C/c1ccc2ccccc2c1. The number of benzene rings is 2. The normalized spacial score (nSPS) is 11.7. The number of allylic oxidation sites excluding steroid dienone is 1. The van der Waals surface area contributed by atoms with E-state index < -0.39 is 0 Å². The van der Waals surface area contributed by atoms with Crippen molar-refractivity contribution in [2.75, 3.05) is 0 Å². The van der Waals surface area contributed by atoms with Crippen molar-refractivity contribution in [2.45, 2.75) is 13.8 Å². The van der Waals surface area contributed by atoms with Gasteiger partial charge in [0.05, 0.1) is 0 Å². The Morgan fingerprint density at radius 1 is 0.933 bits per heavy atom. The van der Waals surface area contributed by atoms with Crippen molar-refractivity contribution in [3.8, 4) is 0 Å². The maximum atomic E-state index is 2.23. The van der Waals surface area contributed by atoms with Gasteiger partial charge in [-0.2, -0.15) is 0 Å². The highest BCUT2D eigenvalue weighted by molar-refractivity contribution is 5.84. The molecule has 0 aliphatic heterocycles. The molecule has 2 rings (SSSR count). The Balaban J connectivity index is 2.39. The van der Waals surface area contributed by atoms with Crippen molar-refractivity contribution in [2.24, 2.45) is 5.92 Å². The van der Waals surface area contributed by atoms with Gasteiger partial charge in [0.25, 0.3) is 0 Å². The van der Waals surface area contributed by atoms with Crippen LogP contribution in [-0.2, 0) is 0 Å². The highest BCUT2D eigenvalue weighted by Crippen LogP contribution is 2.16. The van der Waals surface area contributed by atoms with E-state index in [4.69, 9.17) is 0 Å². The first-order valence-corrected chi connectivity index (χ1v) is 5.43. The number of hydrogen-bond donors (Lipinski definition) is 0. The Labute approximate surface area is 91.2 Å². The van der Waals surface area contributed by atoms with E-state index >= 15 is 0 Å². The van der Waals surface area contributed by atoms with Gasteiger partial charge in [0, 0.05) is 0 Å². The largest absolute Gasteiger partial charge is 0.0814 e. The van der Waals surface area contributed by atoms with E-state index in [-0.39, 0.29) is 0 Å². The summed E-state index contributed by atoms with van der Waals surface area (Å²) >= 11 is 0. The summed E-state index contributed by atoms with van der Waals surface area (Å²) in [5.74, 6) is 0.608. The van der Waals surface area contributed by atoms with Gasteiger partial charge in [-0.25, -0.2) is 0 Å². The molecular formula is C15H16. The molecule has 0 saturated carbocycles. The number of hydrogen-bond acceptors (Lipinski definition) is 0. The summed E-state index contributed by atoms with van der Waals surface area (Å²) in [5.41, 5.74) is 1.28. The molecule has 2 aromatic rings. The molecule has 0 radical (unpaired) electrons. The summed E-state index contributed by atoms with van der Waals surface area (Å²) in [5, 5.41) is 2.61. The summed E-state index contributed by atoms with van der Waals surface area (Å²) < 4.78 is 0. The van der Waals surface area contributed by atoms with Crippen LogP contribution in [0, 0.1) is 5.92 Å². The highest BCUT2D eigenvalue weighted by Gasteiger charge is 1.93. The molecule has 0 bridgehead atoms. The van der Waals surface area contributed by atoms with E-state index in [9.17, 15) is 0 Å². The molecule has 0 aliphatic rings. The molecule has 0 saturated heterocycles. The van der Waals surface area contributed by atoms with Crippen molar-refractivity contribution in [3.05, 3.63) is 54.1 Å². The lowest BCUT2D eigenvalue weighted by Gasteiger charge is -1.99. The molecule has 76 valence electrons. The lowest BCUT2D eigenvalue weighted by molar-refractivity contribution is 0.836. The van der Waals surface area contributed by atoms with Crippen molar-refractivity contribution >= 4 is 16.8 Å². The Morgan fingerprint density at radius 3 is 2.40 bits per heavy atom. The van der Waals surface area contributed by atoms with Gasteiger partial charge in [-0.05, 0) is 28.3 Å². The predicted octanol–water partition coefficient (Wildman–Crippen LogP) is 4.51. The van der Waals surface area contributed by atoms with E-state index in [1.54, 1.807) is 0 Å². The van der Waals surface area contributed by atoms with Gasteiger partial charge >= 0.3 is 0 Å². The standard InChI is InChI=1S/C15H16/c1-12(2)7-8-13-9-10-14-5-3-4-6-15(14)11-13/h3-12H,1-2H3/b8-7+. The molecule has 0 heterocycles. The minimum Gasteiger partial charge on any atom is -0.0814 e. The molecule has 0 N–H and O–H groups in total. The smallest absolute Gasteiger partial charge is 0.0178 e. The van der Waals surface area contributed by atoms with Crippen molar-refractivity contribution in [1.82, 2.24) is 0 Å². The summed E-state index contributed by atoms with van der Waals surface area (Å²) in [6.07, 6.45) is 4.42. The van der Waals surface area contributed by atoms with Crippen LogP contribution in [-0.4, -0.2) is 0 Å². The monoisotopic (exact) mass is 196 g/mol. The van der Waals surface area contributed by atoms with Crippen LogP contribution in [0.5, 0.6) is 0 Å². The van der Waals surface area contributed by atoms with Gasteiger partial charge in [0.1, 0.15) is 0 Å². The molecule has 0 aromatic heterocycles. The zero-order valence-corrected chi connectivity index (χ0v) is 9.27. The minimum atomic E-state index is 0.608. The summed E-state index contributed by atoms with van der Waals surface area (Å²) in [6.45, 7) is 4.38. The molecule has 15 heavy (non-hydrogen) atoms. The van der Waals surface area contributed by atoms with Crippen molar-refractivity contribution in [3.63, 3.8) is 0 Å². The number of fused-ring (bicyclic) bond motifs is 1. The molecule has 0 atom stereocenters. The lowest BCUT2D eigenvalue weighted by atomic mass is 10.1. The van der Waals surface area contributed by atoms with Gasteiger partial charge in [-0.15, -0.1) is 0 Å². The fourth-order valence-corrected chi connectivity index (χ4v) is 1.62. The van der Waals surface area contributed by atoms with Crippen LogP contribution in [0.2, 0.25) is 0 Å². The van der Waals surface area contributed by atoms with E-state index in [0.29, 0.717) is 5.92 Å². The van der Waals surface area contributed by atoms with Crippen LogP contribution in [0.3, 0.4) is 0 Å². The van der Waals surface area contributed by atoms with Crippen LogP contribution in [0.15, 0.2) is 48.5 Å². The highest BCUT2D eigenvalue weighted by atomic mass is 14.0. The molecule has 0 nitrogen and oxygen atoms in total. The summed E-state index contributed by atoms with van der Waals surface area (Å²) in [7, 11) is 0. The fraction of sp³-hybridized carbons (Fsp3) is 0.200. The third-order valence-corrected chi connectivity index (χ3v) is 2.45. The van der Waals surface area contributed by atoms with Crippen LogP contribution in [0.1, 0.15) is 19.4 Å². The minimum absolute atomic E-state index is 0.608. The van der Waals surface area contributed by atoms with Gasteiger partial charge in [-0.1, -0.05) is 62.4 Å². The first-order chi connectivity index (χ1) is 7.25. The first-order valence-electron chi connectivity index (χ1n) is 5.43. The Bertz CT molecular complexity index is 478. The van der Waals surface area contributed by atoms with Crippen LogP contribution >= 0.6 is 0 Å². The fourth-order valence-electron chi connectivity index (χ4n) is 1.62. The number of rotatable bonds is 2. The molecule has 2 aromatic carbocycles. The van der Waals surface area contributed by atoms with Crippen molar-refractivity contribution < 1.29 is 0 Å². The van der Waals surface area contributed by atoms with Crippen LogP contribution in [0.4, 0.5) is 0 Å². The third-order valence-electron chi connectivity index (χ3n) is 2.45. The maximum Gasteiger partial charge on any atom is -0.0178 e. The Hall–Kier alpha value is -1.56. The Morgan fingerprint density at radius 2 is 1.67 bits per heavy atom. The topological polar surface area (TPSA) is 0 Å². The molecule has 0 spiro atoms. The Kier molecular flexibility index (Phi) is 2.86.